The average Bonchev–Trinajstić information content (AvgIpc) is 2.31. The van der Waals surface area contributed by atoms with Crippen LogP contribution in [0.2, 0.25) is 0 Å². The van der Waals surface area contributed by atoms with Crippen LogP contribution in [0.4, 0.5) is 5.69 Å². The van der Waals surface area contributed by atoms with Crippen molar-refractivity contribution in [2.45, 2.75) is 25.3 Å². The lowest BCUT2D eigenvalue weighted by Gasteiger charge is -2.36. The number of benzene rings is 1. The molecular weight excluding hydrogens is 609 g/mol. The number of hydrogen-bond donors (Lipinski definition) is 2. The van der Waals surface area contributed by atoms with Crippen molar-refractivity contribution in [3.05, 3.63) is 22.8 Å². The van der Waals surface area contributed by atoms with E-state index in [0.717, 1.165) is 29.2 Å². The van der Waals surface area contributed by atoms with Gasteiger partial charge in [0, 0.05) is 23.3 Å². The highest BCUT2D eigenvalue weighted by molar-refractivity contribution is 14.1. The predicted molar refractivity (Wildman–Crippen MR) is 110 cm³/mol. The van der Waals surface area contributed by atoms with Gasteiger partial charge in [0.15, 0.2) is 0 Å². The molecule has 21 heavy (non-hydrogen) atoms. The summed E-state index contributed by atoms with van der Waals surface area (Å²) in [7, 11) is 0. The standard InChI is InChI=1S/C14H17I3N2O2/c15-9-6-11(16)14(12(17)7-9)18-13(21)8-19(4-5-20)10-2-1-3-10/h6-7,10,20H,1-5,8H2,(H,18,21). The highest BCUT2D eigenvalue weighted by atomic mass is 127. The fourth-order valence-electron chi connectivity index (χ4n) is 2.30. The number of nitrogens with zero attached hydrogens (tertiary/aromatic N) is 1. The third-order valence-electron chi connectivity index (χ3n) is 3.60. The molecule has 1 aromatic carbocycles. The molecular formula is C14H17I3N2O2. The summed E-state index contributed by atoms with van der Waals surface area (Å²) in [6.45, 7) is 1.02. The summed E-state index contributed by atoms with van der Waals surface area (Å²) in [5, 5.41) is 12.2. The van der Waals surface area contributed by atoms with Crippen LogP contribution in [0.15, 0.2) is 12.1 Å². The molecule has 1 saturated carbocycles. The van der Waals surface area contributed by atoms with Crippen LogP contribution in [0.3, 0.4) is 0 Å². The van der Waals surface area contributed by atoms with Crippen LogP contribution in [-0.2, 0) is 4.79 Å². The second kappa shape index (κ2) is 8.60. The summed E-state index contributed by atoms with van der Waals surface area (Å²) >= 11 is 6.77. The Morgan fingerprint density at radius 2 is 1.90 bits per heavy atom. The van der Waals surface area contributed by atoms with Gasteiger partial charge in [-0.1, -0.05) is 6.42 Å². The first-order valence-corrected chi connectivity index (χ1v) is 10.0. The van der Waals surface area contributed by atoms with E-state index < -0.39 is 0 Å². The lowest BCUT2D eigenvalue weighted by atomic mass is 9.91. The van der Waals surface area contributed by atoms with Crippen molar-refractivity contribution in [3.8, 4) is 0 Å². The molecule has 4 nitrogen and oxygen atoms in total. The Hall–Kier alpha value is 0.800. The molecule has 1 aliphatic carbocycles. The molecule has 1 aromatic rings. The normalized spacial score (nSPS) is 15.1. The van der Waals surface area contributed by atoms with Crippen molar-refractivity contribution in [2.75, 3.05) is 25.0 Å². The highest BCUT2D eigenvalue weighted by Gasteiger charge is 2.26. The van der Waals surface area contributed by atoms with E-state index in [4.69, 9.17) is 5.11 Å². The maximum absolute atomic E-state index is 12.3. The summed E-state index contributed by atoms with van der Waals surface area (Å²) < 4.78 is 3.26. The van der Waals surface area contributed by atoms with Gasteiger partial charge in [0.1, 0.15) is 0 Å². The Balaban J connectivity index is 2.00. The number of aliphatic hydroxyl groups is 1. The monoisotopic (exact) mass is 626 g/mol. The molecule has 7 heteroatoms. The second-order valence-corrected chi connectivity index (χ2v) is 8.64. The molecule has 1 amide bonds. The number of halogens is 3. The molecule has 0 unspecified atom stereocenters. The number of aliphatic hydroxyl groups excluding tert-OH is 1. The largest absolute Gasteiger partial charge is 0.395 e. The van der Waals surface area contributed by atoms with Gasteiger partial charge in [-0.15, -0.1) is 0 Å². The first-order valence-electron chi connectivity index (χ1n) is 6.80. The Labute approximate surface area is 165 Å². The lowest BCUT2D eigenvalue weighted by Crippen LogP contribution is -2.45. The molecule has 2 N–H and O–H groups in total. The molecule has 0 bridgehead atoms. The minimum atomic E-state index is -0.00705. The molecule has 116 valence electrons. The summed E-state index contributed by atoms with van der Waals surface area (Å²) in [5.41, 5.74) is 0.888. The third kappa shape index (κ3) is 5.15. The number of carbonyl (C=O) groups is 1. The predicted octanol–water partition coefficient (Wildman–Crippen LogP) is 3.29. The summed E-state index contributed by atoms with van der Waals surface area (Å²) in [4.78, 5) is 14.4. The van der Waals surface area contributed by atoms with Crippen molar-refractivity contribution in [2.24, 2.45) is 0 Å². The van der Waals surface area contributed by atoms with Gasteiger partial charge in [0.25, 0.3) is 0 Å². The molecule has 0 radical (unpaired) electrons. The van der Waals surface area contributed by atoms with E-state index in [1.165, 1.54) is 6.42 Å². The van der Waals surface area contributed by atoms with Crippen molar-refractivity contribution < 1.29 is 9.90 Å². The average molecular weight is 626 g/mol. The van der Waals surface area contributed by atoms with Crippen LogP contribution in [0.25, 0.3) is 0 Å². The minimum Gasteiger partial charge on any atom is -0.395 e. The zero-order valence-electron chi connectivity index (χ0n) is 11.4. The number of anilines is 1. The summed E-state index contributed by atoms with van der Waals surface area (Å²) in [6.07, 6.45) is 3.49. The molecule has 0 spiro atoms. The van der Waals surface area contributed by atoms with Crippen molar-refractivity contribution in [1.29, 1.82) is 0 Å². The number of rotatable bonds is 6. The van der Waals surface area contributed by atoms with Crippen LogP contribution in [-0.4, -0.2) is 41.7 Å². The van der Waals surface area contributed by atoms with E-state index in [-0.39, 0.29) is 12.5 Å². The van der Waals surface area contributed by atoms with E-state index in [0.29, 0.717) is 19.1 Å². The lowest BCUT2D eigenvalue weighted by molar-refractivity contribution is -0.118. The topological polar surface area (TPSA) is 52.6 Å². The third-order valence-corrected chi connectivity index (χ3v) is 5.92. The van der Waals surface area contributed by atoms with E-state index in [2.05, 4.69) is 90.1 Å². The van der Waals surface area contributed by atoms with Crippen molar-refractivity contribution in [3.63, 3.8) is 0 Å². The maximum Gasteiger partial charge on any atom is 0.238 e. The molecule has 1 aliphatic rings. The highest BCUT2D eigenvalue weighted by Crippen LogP contribution is 2.28. The minimum absolute atomic E-state index is 0.00705. The number of nitrogens with one attached hydrogen (secondary N) is 1. The number of hydrogen-bond acceptors (Lipinski definition) is 3. The molecule has 2 rings (SSSR count). The fourth-order valence-corrected chi connectivity index (χ4v) is 6.15. The van der Waals surface area contributed by atoms with E-state index in [1.54, 1.807) is 0 Å². The van der Waals surface area contributed by atoms with Gasteiger partial charge in [-0.05, 0) is 92.7 Å². The first kappa shape index (κ1) is 18.1. The Kier molecular flexibility index (Phi) is 7.43. The van der Waals surface area contributed by atoms with E-state index in [1.807, 2.05) is 0 Å². The SMILES string of the molecule is O=C(CN(CCO)C1CCC1)Nc1c(I)cc(I)cc1I. The van der Waals surface area contributed by atoms with Gasteiger partial charge >= 0.3 is 0 Å². The Morgan fingerprint density at radius 1 is 1.29 bits per heavy atom. The van der Waals surface area contributed by atoms with E-state index in [9.17, 15) is 4.79 Å². The molecule has 1 fully saturated rings. The summed E-state index contributed by atoms with van der Waals surface area (Å²) in [5.74, 6) is -0.00705. The fraction of sp³-hybridized carbons (Fsp3) is 0.500. The maximum atomic E-state index is 12.3. The first-order chi connectivity index (χ1) is 10.0. The second-order valence-electron chi connectivity index (χ2n) is 5.07. The quantitative estimate of drug-likeness (QED) is 0.478. The molecule has 0 atom stereocenters. The molecule has 0 aromatic heterocycles. The van der Waals surface area contributed by atoms with Gasteiger partial charge in [0.05, 0.1) is 18.8 Å². The number of amides is 1. The summed E-state index contributed by atoms with van der Waals surface area (Å²) in [6, 6.07) is 4.56. The van der Waals surface area contributed by atoms with Gasteiger partial charge in [-0.2, -0.15) is 0 Å². The van der Waals surface area contributed by atoms with Crippen LogP contribution in [0, 0.1) is 10.7 Å². The van der Waals surface area contributed by atoms with E-state index >= 15 is 0 Å². The van der Waals surface area contributed by atoms with Gasteiger partial charge in [-0.3, -0.25) is 9.69 Å². The van der Waals surface area contributed by atoms with Crippen LogP contribution < -0.4 is 5.32 Å². The van der Waals surface area contributed by atoms with Gasteiger partial charge in [-0.25, -0.2) is 0 Å². The van der Waals surface area contributed by atoms with Gasteiger partial charge < -0.3 is 10.4 Å². The number of carbonyl (C=O) groups excluding carboxylic acids is 1. The molecule has 0 saturated heterocycles. The molecule has 0 aliphatic heterocycles. The smallest absolute Gasteiger partial charge is 0.238 e. The van der Waals surface area contributed by atoms with Crippen LogP contribution >= 0.6 is 67.8 Å². The Bertz CT molecular complexity index is 498. The van der Waals surface area contributed by atoms with Gasteiger partial charge in [0.2, 0.25) is 5.91 Å². The van der Waals surface area contributed by atoms with Crippen LogP contribution in [0.5, 0.6) is 0 Å². The zero-order valence-corrected chi connectivity index (χ0v) is 17.9. The molecule has 0 heterocycles. The Morgan fingerprint density at radius 3 is 2.38 bits per heavy atom. The zero-order chi connectivity index (χ0) is 15.4. The van der Waals surface area contributed by atoms with Crippen molar-refractivity contribution >= 4 is 79.4 Å². The van der Waals surface area contributed by atoms with Crippen molar-refractivity contribution in [1.82, 2.24) is 4.90 Å². The van der Waals surface area contributed by atoms with Crippen LogP contribution in [0.1, 0.15) is 19.3 Å².